The highest BCUT2D eigenvalue weighted by Gasteiger charge is 2.30. The molecule has 122 valence electrons. The molecule has 0 spiro atoms. The van der Waals surface area contributed by atoms with Crippen molar-refractivity contribution in [1.29, 1.82) is 0 Å². The van der Waals surface area contributed by atoms with Crippen molar-refractivity contribution in [3.8, 4) is 5.75 Å². The zero-order chi connectivity index (χ0) is 16.9. The number of hydrogen-bond donors (Lipinski definition) is 0. The van der Waals surface area contributed by atoms with E-state index in [1.165, 1.54) is 12.1 Å². The number of likely N-dealkylation sites (N-methyl/N-ethyl adjacent to an activating group) is 1. The monoisotopic (exact) mass is 321 g/mol. The third kappa shape index (κ3) is 5.14. The molecule has 0 aliphatic carbocycles. The first-order valence-corrected chi connectivity index (χ1v) is 7.11. The summed E-state index contributed by atoms with van der Waals surface area (Å²) >= 11 is 0. The molecule has 0 unspecified atom stereocenters. The predicted molar refractivity (Wildman–Crippen MR) is 85.0 cm³/mol. The molecule has 2 rings (SSSR count). The fraction of sp³-hybridized carbons (Fsp3) is 0.222. The molecule has 0 saturated heterocycles. The van der Waals surface area contributed by atoms with Gasteiger partial charge in [0, 0.05) is 12.1 Å². The minimum Gasteiger partial charge on any atom is -0.457 e. The predicted octanol–water partition coefficient (Wildman–Crippen LogP) is 4.69. The maximum absolute atomic E-state index is 12.6. The number of alkyl halides is 3. The van der Waals surface area contributed by atoms with Gasteiger partial charge in [0.2, 0.25) is 0 Å². The molecule has 0 aliphatic heterocycles. The molecule has 0 saturated carbocycles. The summed E-state index contributed by atoms with van der Waals surface area (Å²) in [6, 6.07) is 14.1. The SMILES string of the molecule is CN(C)C/C=C(\Oc1ccc(C(F)(F)F)cc1)c1ccccc1. The van der Waals surface area contributed by atoms with Crippen LogP contribution >= 0.6 is 0 Å². The summed E-state index contributed by atoms with van der Waals surface area (Å²) in [5, 5.41) is 0. The van der Waals surface area contributed by atoms with Gasteiger partial charge in [-0.05, 0) is 44.4 Å². The van der Waals surface area contributed by atoms with E-state index in [0.29, 0.717) is 18.1 Å². The summed E-state index contributed by atoms with van der Waals surface area (Å²) in [6.45, 7) is 0.658. The topological polar surface area (TPSA) is 12.5 Å². The summed E-state index contributed by atoms with van der Waals surface area (Å²) in [5.74, 6) is 0.978. The van der Waals surface area contributed by atoms with Crippen molar-refractivity contribution in [2.45, 2.75) is 6.18 Å². The Bertz CT molecular complexity index is 646. The van der Waals surface area contributed by atoms with Crippen molar-refractivity contribution >= 4 is 5.76 Å². The van der Waals surface area contributed by atoms with Crippen LogP contribution in [-0.2, 0) is 6.18 Å². The van der Waals surface area contributed by atoms with Crippen molar-refractivity contribution in [3.63, 3.8) is 0 Å². The van der Waals surface area contributed by atoms with Crippen LogP contribution in [0.5, 0.6) is 5.75 Å². The van der Waals surface area contributed by atoms with Gasteiger partial charge in [0.15, 0.2) is 0 Å². The standard InChI is InChI=1S/C18H18F3NO/c1-22(2)13-12-17(14-6-4-3-5-7-14)23-16-10-8-15(9-11-16)18(19,20)21/h3-12H,13H2,1-2H3/b17-12-. The molecule has 0 aliphatic rings. The van der Waals surface area contributed by atoms with Crippen LogP contribution in [0.3, 0.4) is 0 Å². The van der Waals surface area contributed by atoms with E-state index >= 15 is 0 Å². The minimum atomic E-state index is -4.35. The Morgan fingerprint density at radius 3 is 2.13 bits per heavy atom. The molecule has 0 atom stereocenters. The lowest BCUT2D eigenvalue weighted by Gasteiger charge is -2.13. The summed E-state index contributed by atoms with van der Waals surface area (Å²) in [7, 11) is 3.86. The lowest BCUT2D eigenvalue weighted by molar-refractivity contribution is -0.137. The fourth-order valence-corrected chi connectivity index (χ4v) is 1.93. The van der Waals surface area contributed by atoms with Crippen LogP contribution in [0.15, 0.2) is 60.7 Å². The first kappa shape index (κ1) is 17.1. The number of benzene rings is 2. The van der Waals surface area contributed by atoms with Crippen LogP contribution in [0.1, 0.15) is 11.1 Å². The Morgan fingerprint density at radius 2 is 1.61 bits per heavy atom. The molecule has 5 heteroatoms. The van der Waals surface area contributed by atoms with Gasteiger partial charge >= 0.3 is 6.18 Å². The highest BCUT2D eigenvalue weighted by atomic mass is 19.4. The van der Waals surface area contributed by atoms with Gasteiger partial charge in [0.05, 0.1) is 5.56 Å². The zero-order valence-corrected chi connectivity index (χ0v) is 13.0. The molecular formula is C18H18F3NO. The minimum absolute atomic E-state index is 0.367. The summed E-state index contributed by atoms with van der Waals surface area (Å²) in [6.07, 6.45) is -2.45. The molecule has 0 fully saturated rings. The number of hydrogen-bond acceptors (Lipinski definition) is 2. The lowest BCUT2D eigenvalue weighted by Crippen LogP contribution is -2.12. The molecule has 0 amide bonds. The van der Waals surface area contributed by atoms with E-state index in [0.717, 1.165) is 17.7 Å². The van der Waals surface area contributed by atoms with Crippen molar-refractivity contribution in [2.24, 2.45) is 0 Å². The molecule has 2 nitrogen and oxygen atoms in total. The van der Waals surface area contributed by atoms with Gasteiger partial charge < -0.3 is 9.64 Å². The molecule has 0 N–H and O–H groups in total. The van der Waals surface area contributed by atoms with Crippen molar-refractivity contribution < 1.29 is 17.9 Å². The van der Waals surface area contributed by atoms with Crippen molar-refractivity contribution in [2.75, 3.05) is 20.6 Å². The molecule has 0 heterocycles. The van der Waals surface area contributed by atoms with Crippen LogP contribution in [-0.4, -0.2) is 25.5 Å². The average Bonchev–Trinajstić information content (AvgIpc) is 2.51. The first-order chi connectivity index (χ1) is 10.9. The van der Waals surface area contributed by atoms with E-state index in [-0.39, 0.29) is 0 Å². The summed E-state index contributed by atoms with van der Waals surface area (Å²) in [5.41, 5.74) is 0.178. The van der Waals surface area contributed by atoms with Crippen LogP contribution in [0, 0.1) is 0 Å². The van der Waals surface area contributed by atoms with Crippen LogP contribution in [0.4, 0.5) is 13.2 Å². The second-order valence-corrected chi connectivity index (χ2v) is 5.32. The van der Waals surface area contributed by atoms with Gasteiger partial charge in [-0.2, -0.15) is 13.2 Å². The fourth-order valence-electron chi connectivity index (χ4n) is 1.93. The van der Waals surface area contributed by atoms with Crippen molar-refractivity contribution in [1.82, 2.24) is 4.90 Å². The molecule has 0 radical (unpaired) electrons. The van der Waals surface area contributed by atoms with Gasteiger partial charge in [-0.1, -0.05) is 30.3 Å². The maximum Gasteiger partial charge on any atom is 0.416 e. The van der Waals surface area contributed by atoms with E-state index in [2.05, 4.69) is 0 Å². The van der Waals surface area contributed by atoms with E-state index in [9.17, 15) is 13.2 Å². The Kier molecular flexibility index (Phi) is 5.45. The highest BCUT2D eigenvalue weighted by molar-refractivity contribution is 5.62. The average molecular weight is 321 g/mol. The Morgan fingerprint density at radius 1 is 1.00 bits per heavy atom. The molecule has 2 aromatic carbocycles. The highest BCUT2D eigenvalue weighted by Crippen LogP contribution is 2.31. The van der Waals surface area contributed by atoms with E-state index in [1.54, 1.807) is 0 Å². The van der Waals surface area contributed by atoms with Gasteiger partial charge in [-0.3, -0.25) is 0 Å². The maximum atomic E-state index is 12.6. The molecule has 0 bridgehead atoms. The van der Waals surface area contributed by atoms with Gasteiger partial charge in [0.25, 0.3) is 0 Å². The van der Waals surface area contributed by atoms with Crippen molar-refractivity contribution in [3.05, 3.63) is 71.8 Å². The normalized spacial score (nSPS) is 12.5. The molecule has 0 aromatic heterocycles. The van der Waals surface area contributed by atoms with Crippen LogP contribution in [0.25, 0.3) is 5.76 Å². The Labute approximate surface area is 133 Å². The number of ether oxygens (including phenoxy) is 1. The van der Waals surface area contributed by atoms with E-state index in [1.807, 2.05) is 55.4 Å². The smallest absolute Gasteiger partial charge is 0.416 e. The molecule has 23 heavy (non-hydrogen) atoms. The quantitative estimate of drug-likeness (QED) is 0.741. The number of rotatable bonds is 5. The first-order valence-electron chi connectivity index (χ1n) is 7.11. The largest absolute Gasteiger partial charge is 0.457 e. The van der Waals surface area contributed by atoms with Gasteiger partial charge in [0.1, 0.15) is 11.5 Å². The Hall–Kier alpha value is -2.27. The summed E-state index contributed by atoms with van der Waals surface area (Å²) < 4.78 is 43.6. The second kappa shape index (κ2) is 7.33. The molecular weight excluding hydrogens is 303 g/mol. The van der Waals surface area contributed by atoms with E-state index in [4.69, 9.17) is 4.74 Å². The van der Waals surface area contributed by atoms with E-state index < -0.39 is 11.7 Å². The Balaban J connectivity index is 2.23. The lowest BCUT2D eigenvalue weighted by atomic mass is 10.1. The summed E-state index contributed by atoms with van der Waals surface area (Å²) in [4.78, 5) is 1.97. The third-order valence-electron chi connectivity index (χ3n) is 3.11. The third-order valence-corrected chi connectivity index (χ3v) is 3.11. The van der Waals surface area contributed by atoms with Gasteiger partial charge in [-0.25, -0.2) is 0 Å². The second-order valence-electron chi connectivity index (χ2n) is 5.32. The van der Waals surface area contributed by atoms with Gasteiger partial charge in [-0.15, -0.1) is 0 Å². The zero-order valence-electron chi connectivity index (χ0n) is 13.0. The van der Waals surface area contributed by atoms with Crippen LogP contribution < -0.4 is 4.74 Å². The number of halogens is 3. The van der Waals surface area contributed by atoms with Crippen LogP contribution in [0.2, 0.25) is 0 Å². The molecule has 2 aromatic rings. The number of nitrogens with zero attached hydrogens (tertiary/aromatic N) is 1.